The summed E-state index contributed by atoms with van der Waals surface area (Å²) in [6, 6.07) is 8.52. The van der Waals surface area contributed by atoms with Gasteiger partial charge in [-0.2, -0.15) is 0 Å². The van der Waals surface area contributed by atoms with Crippen molar-refractivity contribution in [3.63, 3.8) is 0 Å². The van der Waals surface area contributed by atoms with E-state index in [-0.39, 0.29) is 5.91 Å². The van der Waals surface area contributed by atoms with E-state index in [9.17, 15) is 4.79 Å². The van der Waals surface area contributed by atoms with Crippen LogP contribution in [0.5, 0.6) is 0 Å². The molecule has 2 nitrogen and oxygen atoms in total. The molecule has 1 aromatic carbocycles. The van der Waals surface area contributed by atoms with Crippen molar-refractivity contribution in [2.75, 3.05) is 13.1 Å². The van der Waals surface area contributed by atoms with Crippen molar-refractivity contribution in [1.82, 2.24) is 4.90 Å². The van der Waals surface area contributed by atoms with Crippen LogP contribution < -0.4 is 0 Å². The van der Waals surface area contributed by atoms with Crippen LogP contribution in [0.1, 0.15) is 30.9 Å². The van der Waals surface area contributed by atoms with Crippen molar-refractivity contribution in [2.24, 2.45) is 0 Å². The zero-order chi connectivity index (χ0) is 13.4. The van der Waals surface area contributed by atoms with Crippen LogP contribution in [0.15, 0.2) is 36.9 Å². The van der Waals surface area contributed by atoms with Gasteiger partial charge in [0.1, 0.15) is 0 Å². The van der Waals surface area contributed by atoms with Gasteiger partial charge in [0, 0.05) is 19.5 Å². The molecule has 0 saturated heterocycles. The van der Waals surface area contributed by atoms with E-state index in [1.54, 1.807) is 6.08 Å². The molecule has 0 aliphatic carbocycles. The minimum absolute atomic E-state index is 0.226. The third-order valence-corrected chi connectivity index (χ3v) is 3.06. The van der Waals surface area contributed by atoms with Crippen LogP contribution >= 0.6 is 0 Å². The van der Waals surface area contributed by atoms with Gasteiger partial charge in [0.25, 0.3) is 0 Å². The first kappa shape index (κ1) is 14.5. The molecule has 0 saturated carbocycles. The zero-order valence-corrected chi connectivity index (χ0v) is 11.5. The van der Waals surface area contributed by atoms with Crippen LogP contribution in [0.25, 0.3) is 0 Å². The van der Waals surface area contributed by atoms with E-state index in [0.29, 0.717) is 13.0 Å². The Hall–Kier alpha value is -1.57. The molecule has 1 amide bonds. The molecule has 0 unspecified atom stereocenters. The SMILES string of the molecule is C=CCN(CC)C(=O)CCCc1ccc(C)cc1. The second-order valence-corrected chi connectivity index (χ2v) is 4.56. The van der Waals surface area contributed by atoms with Crippen LogP contribution in [0.4, 0.5) is 0 Å². The van der Waals surface area contributed by atoms with Gasteiger partial charge in [0.2, 0.25) is 5.91 Å². The number of amides is 1. The predicted molar refractivity (Wildman–Crippen MR) is 76.6 cm³/mol. The van der Waals surface area contributed by atoms with E-state index in [1.165, 1.54) is 11.1 Å². The predicted octanol–water partition coefficient (Wildman–Crippen LogP) is 3.35. The summed E-state index contributed by atoms with van der Waals surface area (Å²) in [5.41, 5.74) is 2.58. The monoisotopic (exact) mass is 245 g/mol. The molecular weight excluding hydrogens is 222 g/mol. The topological polar surface area (TPSA) is 20.3 Å². The smallest absolute Gasteiger partial charge is 0.222 e. The lowest BCUT2D eigenvalue weighted by molar-refractivity contribution is -0.130. The molecule has 0 aromatic heterocycles. The average molecular weight is 245 g/mol. The van der Waals surface area contributed by atoms with Gasteiger partial charge in [-0.05, 0) is 32.3 Å². The van der Waals surface area contributed by atoms with E-state index >= 15 is 0 Å². The highest BCUT2D eigenvalue weighted by molar-refractivity contribution is 5.76. The van der Waals surface area contributed by atoms with E-state index in [4.69, 9.17) is 0 Å². The number of rotatable bonds is 7. The highest BCUT2D eigenvalue weighted by Crippen LogP contribution is 2.08. The van der Waals surface area contributed by atoms with Crippen LogP contribution in [-0.2, 0) is 11.2 Å². The fraction of sp³-hybridized carbons (Fsp3) is 0.438. The molecule has 98 valence electrons. The number of hydrogen-bond acceptors (Lipinski definition) is 1. The number of hydrogen-bond donors (Lipinski definition) is 0. The Balaban J connectivity index is 2.34. The van der Waals surface area contributed by atoms with E-state index in [0.717, 1.165) is 19.4 Å². The van der Waals surface area contributed by atoms with Crippen molar-refractivity contribution >= 4 is 5.91 Å². The maximum Gasteiger partial charge on any atom is 0.222 e. The van der Waals surface area contributed by atoms with Crippen LogP contribution in [0.3, 0.4) is 0 Å². The highest BCUT2D eigenvalue weighted by atomic mass is 16.2. The fourth-order valence-electron chi connectivity index (χ4n) is 1.92. The van der Waals surface area contributed by atoms with Crippen LogP contribution in [0.2, 0.25) is 0 Å². The van der Waals surface area contributed by atoms with Gasteiger partial charge in [-0.3, -0.25) is 4.79 Å². The number of likely N-dealkylation sites (N-methyl/N-ethyl adjacent to an activating group) is 1. The molecule has 0 bridgehead atoms. The van der Waals surface area contributed by atoms with Gasteiger partial charge in [0.05, 0.1) is 0 Å². The molecule has 0 spiro atoms. The number of carbonyl (C=O) groups is 1. The molecule has 0 atom stereocenters. The molecule has 18 heavy (non-hydrogen) atoms. The van der Waals surface area contributed by atoms with Gasteiger partial charge >= 0.3 is 0 Å². The zero-order valence-electron chi connectivity index (χ0n) is 11.5. The Morgan fingerprint density at radius 3 is 2.56 bits per heavy atom. The van der Waals surface area contributed by atoms with E-state index in [1.807, 2.05) is 11.8 Å². The van der Waals surface area contributed by atoms with Crippen molar-refractivity contribution in [2.45, 2.75) is 33.1 Å². The second kappa shape index (κ2) is 7.70. The van der Waals surface area contributed by atoms with Gasteiger partial charge in [-0.25, -0.2) is 0 Å². The summed E-state index contributed by atoms with van der Waals surface area (Å²) in [7, 11) is 0. The standard InChI is InChI=1S/C16H23NO/c1-4-13-17(5-2)16(18)8-6-7-15-11-9-14(3)10-12-15/h4,9-12H,1,5-8,13H2,2-3H3. The van der Waals surface area contributed by atoms with Crippen molar-refractivity contribution in [3.05, 3.63) is 48.0 Å². The van der Waals surface area contributed by atoms with Crippen molar-refractivity contribution < 1.29 is 4.79 Å². The largest absolute Gasteiger partial charge is 0.339 e. The number of benzene rings is 1. The first-order chi connectivity index (χ1) is 8.67. The maximum absolute atomic E-state index is 11.9. The van der Waals surface area contributed by atoms with E-state index < -0.39 is 0 Å². The van der Waals surface area contributed by atoms with Gasteiger partial charge in [-0.1, -0.05) is 35.9 Å². The summed E-state index contributed by atoms with van der Waals surface area (Å²) in [6.45, 7) is 9.17. The molecule has 0 aliphatic rings. The minimum atomic E-state index is 0.226. The van der Waals surface area contributed by atoms with Crippen LogP contribution in [-0.4, -0.2) is 23.9 Å². The molecule has 0 aliphatic heterocycles. The quantitative estimate of drug-likeness (QED) is 0.675. The summed E-state index contributed by atoms with van der Waals surface area (Å²) >= 11 is 0. The van der Waals surface area contributed by atoms with Crippen LogP contribution in [0, 0.1) is 6.92 Å². The Morgan fingerprint density at radius 1 is 1.33 bits per heavy atom. The molecular formula is C16H23NO. The molecule has 0 radical (unpaired) electrons. The summed E-state index contributed by atoms with van der Waals surface area (Å²) in [6.07, 6.45) is 4.28. The molecule has 1 rings (SSSR count). The fourth-order valence-corrected chi connectivity index (χ4v) is 1.92. The Labute approximate surface area is 110 Å². The summed E-state index contributed by atoms with van der Waals surface area (Å²) < 4.78 is 0. The summed E-state index contributed by atoms with van der Waals surface area (Å²) in [5, 5.41) is 0. The lowest BCUT2D eigenvalue weighted by atomic mass is 10.1. The van der Waals surface area contributed by atoms with Gasteiger partial charge < -0.3 is 4.90 Å². The summed E-state index contributed by atoms with van der Waals surface area (Å²) in [5.74, 6) is 0.226. The molecule has 1 aromatic rings. The highest BCUT2D eigenvalue weighted by Gasteiger charge is 2.09. The number of nitrogens with zero attached hydrogens (tertiary/aromatic N) is 1. The number of carbonyl (C=O) groups excluding carboxylic acids is 1. The third-order valence-electron chi connectivity index (χ3n) is 3.06. The Morgan fingerprint density at radius 2 is 2.00 bits per heavy atom. The summed E-state index contributed by atoms with van der Waals surface area (Å²) in [4.78, 5) is 13.7. The first-order valence-corrected chi connectivity index (χ1v) is 6.61. The molecule has 0 N–H and O–H groups in total. The minimum Gasteiger partial charge on any atom is -0.339 e. The van der Waals surface area contributed by atoms with Gasteiger partial charge in [0.15, 0.2) is 0 Å². The Bertz CT molecular complexity index is 381. The van der Waals surface area contributed by atoms with Crippen molar-refractivity contribution in [1.29, 1.82) is 0 Å². The number of aryl methyl sites for hydroxylation is 2. The Kier molecular flexibility index (Phi) is 6.20. The van der Waals surface area contributed by atoms with Crippen molar-refractivity contribution in [3.8, 4) is 0 Å². The third kappa shape index (κ3) is 4.74. The second-order valence-electron chi connectivity index (χ2n) is 4.56. The molecule has 2 heteroatoms. The lowest BCUT2D eigenvalue weighted by Gasteiger charge is -2.18. The van der Waals surface area contributed by atoms with E-state index in [2.05, 4.69) is 37.8 Å². The lowest BCUT2D eigenvalue weighted by Crippen LogP contribution is -2.30. The molecule has 0 fully saturated rings. The molecule has 0 heterocycles. The van der Waals surface area contributed by atoms with Gasteiger partial charge in [-0.15, -0.1) is 6.58 Å². The maximum atomic E-state index is 11.9. The normalized spacial score (nSPS) is 10.1. The first-order valence-electron chi connectivity index (χ1n) is 6.61. The average Bonchev–Trinajstić information content (AvgIpc) is 2.38.